The lowest BCUT2D eigenvalue weighted by Gasteiger charge is -2.24. The second-order valence-electron chi connectivity index (χ2n) is 5.50. The zero-order valence-electron chi connectivity index (χ0n) is 11.2. The van der Waals surface area contributed by atoms with Crippen LogP contribution in [0.5, 0.6) is 0 Å². The standard InChI is InChI=1S/C15H24N2/c1-12-4-8-15(9-5-12)17(3)11-13(2)10-16-14-6-7-14/h4-5,8-9,13-14,16H,6-7,10-11H2,1-3H3. The summed E-state index contributed by atoms with van der Waals surface area (Å²) in [6.07, 6.45) is 2.75. The number of aryl methyl sites for hydroxylation is 1. The van der Waals surface area contributed by atoms with Crippen molar-refractivity contribution in [1.29, 1.82) is 0 Å². The van der Waals surface area contributed by atoms with Crippen LogP contribution in [0.2, 0.25) is 0 Å². The summed E-state index contributed by atoms with van der Waals surface area (Å²) in [4.78, 5) is 2.35. The van der Waals surface area contributed by atoms with Crippen molar-refractivity contribution < 1.29 is 0 Å². The fourth-order valence-corrected chi connectivity index (χ4v) is 2.09. The molecule has 1 atom stereocenters. The van der Waals surface area contributed by atoms with Gasteiger partial charge in [0.05, 0.1) is 0 Å². The van der Waals surface area contributed by atoms with E-state index in [4.69, 9.17) is 0 Å². The maximum atomic E-state index is 3.60. The summed E-state index contributed by atoms with van der Waals surface area (Å²) in [5, 5.41) is 3.60. The van der Waals surface area contributed by atoms with Crippen LogP contribution in [0.25, 0.3) is 0 Å². The van der Waals surface area contributed by atoms with Gasteiger partial charge in [0.15, 0.2) is 0 Å². The van der Waals surface area contributed by atoms with Crippen molar-refractivity contribution >= 4 is 5.69 Å². The first-order valence-corrected chi connectivity index (χ1v) is 6.66. The molecule has 2 heteroatoms. The number of benzene rings is 1. The minimum atomic E-state index is 0.696. The first-order chi connectivity index (χ1) is 8.15. The third kappa shape index (κ3) is 4.04. The van der Waals surface area contributed by atoms with Crippen LogP contribution in [0.3, 0.4) is 0 Å². The van der Waals surface area contributed by atoms with Gasteiger partial charge in [-0.2, -0.15) is 0 Å². The SMILES string of the molecule is Cc1ccc(N(C)CC(C)CNC2CC2)cc1. The zero-order chi connectivity index (χ0) is 12.3. The van der Waals surface area contributed by atoms with Gasteiger partial charge in [-0.1, -0.05) is 24.6 Å². The lowest BCUT2D eigenvalue weighted by molar-refractivity contribution is 0.511. The number of hydrogen-bond donors (Lipinski definition) is 1. The molecule has 1 unspecified atom stereocenters. The van der Waals surface area contributed by atoms with Crippen molar-refractivity contribution in [1.82, 2.24) is 5.32 Å². The molecule has 2 rings (SSSR count). The highest BCUT2D eigenvalue weighted by atomic mass is 15.1. The molecule has 1 N–H and O–H groups in total. The summed E-state index contributed by atoms with van der Waals surface area (Å²) < 4.78 is 0. The first-order valence-electron chi connectivity index (χ1n) is 6.66. The van der Waals surface area contributed by atoms with E-state index in [2.05, 4.69) is 55.4 Å². The summed E-state index contributed by atoms with van der Waals surface area (Å²) >= 11 is 0. The van der Waals surface area contributed by atoms with Gasteiger partial charge in [0, 0.05) is 25.3 Å². The smallest absolute Gasteiger partial charge is 0.0363 e. The predicted octanol–water partition coefficient (Wildman–Crippen LogP) is 2.82. The summed E-state index contributed by atoms with van der Waals surface area (Å²) in [6.45, 7) is 6.70. The van der Waals surface area contributed by atoms with Crippen LogP contribution in [0.1, 0.15) is 25.3 Å². The molecule has 1 saturated carbocycles. The Balaban J connectivity index is 1.78. The highest BCUT2D eigenvalue weighted by molar-refractivity contribution is 5.46. The maximum absolute atomic E-state index is 3.60. The predicted molar refractivity (Wildman–Crippen MR) is 74.6 cm³/mol. The Bertz CT molecular complexity index is 340. The second-order valence-corrected chi connectivity index (χ2v) is 5.50. The molecule has 0 aliphatic heterocycles. The van der Waals surface area contributed by atoms with E-state index < -0.39 is 0 Å². The Morgan fingerprint density at radius 2 is 1.94 bits per heavy atom. The lowest BCUT2D eigenvalue weighted by Crippen LogP contribution is -2.31. The van der Waals surface area contributed by atoms with Crippen LogP contribution < -0.4 is 10.2 Å². The minimum Gasteiger partial charge on any atom is -0.374 e. The highest BCUT2D eigenvalue weighted by Crippen LogP contribution is 2.19. The minimum absolute atomic E-state index is 0.696. The molecule has 0 amide bonds. The summed E-state index contributed by atoms with van der Waals surface area (Å²) in [6, 6.07) is 9.59. The van der Waals surface area contributed by atoms with Crippen LogP contribution in [0, 0.1) is 12.8 Å². The van der Waals surface area contributed by atoms with Gasteiger partial charge in [0.25, 0.3) is 0 Å². The summed E-state index contributed by atoms with van der Waals surface area (Å²) in [5.74, 6) is 0.696. The summed E-state index contributed by atoms with van der Waals surface area (Å²) in [5.41, 5.74) is 2.64. The molecular formula is C15H24N2. The normalized spacial score (nSPS) is 16.9. The molecule has 0 spiro atoms. The van der Waals surface area contributed by atoms with Gasteiger partial charge < -0.3 is 10.2 Å². The van der Waals surface area contributed by atoms with Crippen LogP contribution >= 0.6 is 0 Å². The Kier molecular flexibility index (Phi) is 4.06. The van der Waals surface area contributed by atoms with E-state index in [0.717, 1.165) is 19.1 Å². The van der Waals surface area contributed by atoms with Gasteiger partial charge in [-0.25, -0.2) is 0 Å². The quantitative estimate of drug-likeness (QED) is 0.811. The molecule has 0 saturated heterocycles. The molecule has 1 aliphatic carbocycles. The van der Waals surface area contributed by atoms with E-state index in [-0.39, 0.29) is 0 Å². The molecule has 1 aliphatic rings. The Morgan fingerprint density at radius 1 is 1.29 bits per heavy atom. The van der Waals surface area contributed by atoms with Gasteiger partial charge in [0.1, 0.15) is 0 Å². The molecule has 94 valence electrons. The number of rotatable bonds is 6. The van der Waals surface area contributed by atoms with Crippen molar-refractivity contribution in [3.05, 3.63) is 29.8 Å². The van der Waals surface area contributed by atoms with Crippen molar-refractivity contribution in [3.8, 4) is 0 Å². The molecular weight excluding hydrogens is 208 g/mol. The maximum Gasteiger partial charge on any atom is 0.0363 e. The molecule has 0 heterocycles. The lowest BCUT2D eigenvalue weighted by atomic mass is 10.1. The van der Waals surface area contributed by atoms with Crippen molar-refractivity contribution in [2.45, 2.75) is 32.7 Å². The molecule has 1 aromatic rings. The van der Waals surface area contributed by atoms with Crippen molar-refractivity contribution in [3.63, 3.8) is 0 Å². The molecule has 0 bridgehead atoms. The topological polar surface area (TPSA) is 15.3 Å². The Labute approximate surface area is 105 Å². The third-order valence-corrected chi connectivity index (χ3v) is 3.39. The second kappa shape index (κ2) is 5.54. The van der Waals surface area contributed by atoms with Crippen molar-refractivity contribution in [2.75, 3.05) is 25.0 Å². The van der Waals surface area contributed by atoms with E-state index in [1.165, 1.54) is 24.1 Å². The van der Waals surface area contributed by atoms with Gasteiger partial charge in [-0.05, 0) is 44.4 Å². The van der Waals surface area contributed by atoms with E-state index in [1.807, 2.05) is 0 Å². The molecule has 1 fully saturated rings. The average molecular weight is 232 g/mol. The number of nitrogens with zero attached hydrogens (tertiary/aromatic N) is 1. The Hall–Kier alpha value is -1.02. The molecule has 1 aromatic carbocycles. The number of hydrogen-bond acceptors (Lipinski definition) is 2. The molecule has 17 heavy (non-hydrogen) atoms. The van der Waals surface area contributed by atoms with Crippen LogP contribution in [-0.4, -0.2) is 26.2 Å². The largest absolute Gasteiger partial charge is 0.374 e. The molecule has 2 nitrogen and oxygen atoms in total. The first kappa shape index (κ1) is 12.4. The Morgan fingerprint density at radius 3 is 2.53 bits per heavy atom. The molecule has 0 radical (unpaired) electrons. The van der Waals surface area contributed by atoms with Gasteiger partial charge in [0.2, 0.25) is 0 Å². The number of nitrogens with one attached hydrogen (secondary N) is 1. The fraction of sp³-hybridized carbons (Fsp3) is 0.600. The van der Waals surface area contributed by atoms with Gasteiger partial charge in [-0.15, -0.1) is 0 Å². The van der Waals surface area contributed by atoms with Gasteiger partial charge in [-0.3, -0.25) is 0 Å². The van der Waals surface area contributed by atoms with E-state index >= 15 is 0 Å². The van der Waals surface area contributed by atoms with E-state index in [0.29, 0.717) is 5.92 Å². The van der Waals surface area contributed by atoms with E-state index in [9.17, 15) is 0 Å². The zero-order valence-corrected chi connectivity index (χ0v) is 11.2. The average Bonchev–Trinajstić information content (AvgIpc) is 3.11. The fourth-order valence-electron chi connectivity index (χ4n) is 2.09. The van der Waals surface area contributed by atoms with Gasteiger partial charge >= 0.3 is 0 Å². The van der Waals surface area contributed by atoms with Crippen LogP contribution in [0.15, 0.2) is 24.3 Å². The van der Waals surface area contributed by atoms with Crippen molar-refractivity contribution in [2.24, 2.45) is 5.92 Å². The van der Waals surface area contributed by atoms with Crippen LogP contribution in [-0.2, 0) is 0 Å². The van der Waals surface area contributed by atoms with E-state index in [1.54, 1.807) is 0 Å². The third-order valence-electron chi connectivity index (χ3n) is 3.39. The summed E-state index contributed by atoms with van der Waals surface area (Å²) in [7, 11) is 2.18. The number of anilines is 1. The highest BCUT2D eigenvalue weighted by Gasteiger charge is 2.21. The molecule has 0 aromatic heterocycles. The van der Waals surface area contributed by atoms with Crippen LogP contribution in [0.4, 0.5) is 5.69 Å². The monoisotopic (exact) mass is 232 g/mol.